The van der Waals surface area contributed by atoms with Crippen LogP contribution in [0, 0.1) is 11.8 Å². The Bertz CT molecular complexity index is 831. The Balaban J connectivity index is 3.51. The number of rotatable bonds is 24. The lowest BCUT2D eigenvalue weighted by molar-refractivity contribution is -0.124. The second-order valence-corrected chi connectivity index (χ2v) is 19.0. The van der Waals surface area contributed by atoms with Gasteiger partial charge in [-0.25, -0.2) is 0 Å². The van der Waals surface area contributed by atoms with Crippen LogP contribution in [0.3, 0.4) is 0 Å². The molecule has 1 fully saturated rings. The van der Waals surface area contributed by atoms with E-state index < -0.39 is 53.0 Å². The Labute approximate surface area is 251 Å². The molecule has 0 radical (unpaired) electrons. The molecule has 2 atom stereocenters. The fraction of sp³-hybridized carbons (Fsp3) is 0.960. The average molecular weight is 685 g/mol. The van der Waals surface area contributed by atoms with E-state index in [0.29, 0.717) is 12.8 Å². The molecule has 1 aliphatic carbocycles. The van der Waals surface area contributed by atoms with Gasteiger partial charge in [0.05, 0.1) is 52.9 Å². The highest BCUT2D eigenvalue weighted by atomic mass is 31.2. The molecule has 1 aliphatic rings. The minimum absolute atomic E-state index is 0.0171. The van der Waals surface area contributed by atoms with Gasteiger partial charge in [-0.15, -0.1) is 0 Å². The zero-order valence-corrected chi connectivity index (χ0v) is 30.0. The summed E-state index contributed by atoms with van der Waals surface area (Å²) in [5.74, 6) is -1.70. The number of hydrogen-bond acceptors (Lipinski definition) is 13. The van der Waals surface area contributed by atoms with Crippen molar-refractivity contribution >= 4 is 36.2 Å². The molecule has 1 saturated carbocycles. The molecule has 1 rings (SSSR count). The van der Waals surface area contributed by atoms with Crippen LogP contribution in [0.25, 0.3) is 0 Å². The van der Waals surface area contributed by atoms with E-state index in [9.17, 15) is 23.1 Å². The predicted octanol–water partition coefficient (Wildman–Crippen LogP) is 8.08. The highest BCUT2D eigenvalue weighted by Crippen LogP contribution is 2.74. The molecule has 0 aromatic carbocycles. The molecule has 0 bridgehead atoms. The van der Waals surface area contributed by atoms with Gasteiger partial charge < -0.3 is 36.2 Å². The SMILES string of the molecule is CCOP(=O)(OCC)C(C[C@@H]1CC[C@@H](CC(P(=O)(OCC)OCC)P(=O)(OCC)OCC)C1=O)P(=O)(OCC)OCC. The zero-order valence-electron chi connectivity index (χ0n) is 26.4. The average Bonchev–Trinajstić information content (AvgIpc) is 3.25. The topological polar surface area (TPSA) is 159 Å². The summed E-state index contributed by atoms with van der Waals surface area (Å²) in [4.78, 5) is 13.9. The van der Waals surface area contributed by atoms with E-state index in [4.69, 9.17) is 36.2 Å². The molecule has 0 aromatic heterocycles. The molecule has 0 heterocycles. The van der Waals surface area contributed by atoms with E-state index in [1.54, 1.807) is 55.4 Å². The molecular weight excluding hydrogens is 632 g/mol. The summed E-state index contributed by atoms with van der Waals surface area (Å²) in [5, 5.41) is -2.69. The Morgan fingerprint density at radius 1 is 0.476 bits per heavy atom. The summed E-state index contributed by atoms with van der Waals surface area (Å²) in [5.41, 5.74) is 0. The van der Waals surface area contributed by atoms with Gasteiger partial charge in [0, 0.05) is 11.8 Å². The Kier molecular flexibility index (Phi) is 18.3. The smallest absolute Gasteiger partial charge is 0.308 e. The maximum Gasteiger partial charge on any atom is 0.345 e. The number of ketones is 1. The van der Waals surface area contributed by atoms with Crippen LogP contribution >= 0.6 is 30.4 Å². The number of carbonyl (C=O) groups is 1. The maximum atomic E-state index is 14.0. The molecule has 17 heteroatoms. The fourth-order valence-corrected chi connectivity index (χ4v) is 16.1. The van der Waals surface area contributed by atoms with Gasteiger partial charge in [0.1, 0.15) is 5.78 Å². The summed E-state index contributed by atoms with van der Waals surface area (Å²) >= 11 is 0. The van der Waals surface area contributed by atoms with Crippen LogP contribution in [0.4, 0.5) is 0 Å². The van der Waals surface area contributed by atoms with Crippen LogP contribution in [-0.2, 0) is 59.2 Å². The predicted molar refractivity (Wildman–Crippen MR) is 161 cm³/mol. The van der Waals surface area contributed by atoms with Crippen molar-refractivity contribution in [3.8, 4) is 0 Å². The summed E-state index contributed by atoms with van der Waals surface area (Å²) in [6.07, 6.45) is 0.393. The van der Waals surface area contributed by atoms with Crippen molar-refractivity contribution in [2.24, 2.45) is 11.8 Å². The molecule has 0 aliphatic heterocycles. The van der Waals surface area contributed by atoms with Gasteiger partial charge in [-0.1, -0.05) is 0 Å². The summed E-state index contributed by atoms with van der Waals surface area (Å²) < 4.78 is 100. The standard InChI is InChI=1S/C25H52O13P4/c1-9-31-39(27,32-10-2)23(40(28,33-11-3)34-12-4)19-21-17-18-22(25(21)26)20-24(41(29,35-13-5)36-14-6)42(30,37-15-7)38-16-8/h21-24H,9-20H2,1-8H3/t21-,22-/m0/s1. The van der Waals surface area contributed by atoms with E-state index in [1.165, 1.54) is 0 Å². The van der Waals surface area contributed by atoms with Crippen molar-refractivity contribution in [1.29, 1.82) is 0 Å². The van der Waals surface area contributed by atoms with Crippen LogP contribution in [-0.4, -0.2) is 69.4 Å². The van der Waals surface area contributed by atoms with E-state index >= 15 is 0 Å². The van der Waals surface area contributed by atoms with Crippen LogP contribution in [0.15, 0.2) is 0 Å². The van der Waals surface area contributed by atoms with Crippen LogP contribution in [0.5, 0.6) is 0 Å². The summed E-state index contributed by atoms with van der Waals surface area (Å²) in [6.45, 7) is 13.2. The number of carbonyl (C=O) groups excluding carboxylic acids is 1. The van der Waals surface area contributed by atoms with Crippen LogP contribution in [0.1, 0.15) is 81.1 Å². The normalized spacial score (nSPS) is 19.0. The minimum atomic E-state index is -4.06. The zero-order chi connectivity index (χ0) is 32.0. The van der Waals surface area contributed by atoms with Gasteiger partial charge in [-0.3, -0.25) is 23.1 Å². The third-order valence-electron chi connectivity index (χ3n) is 6.59. The van der Waals surface area contributed by atoms with E-state index in [1.807, 2.05) is 0 Å². The van der Waals surface area contributed by atoms with Gasteiger partial charge >= 0.3 is 30.4 Å². The molecule has 0 N–H and O–H groups in total. The van der Waals surface area contributed by atoms with E-state index in [0.717, 1.165) is 0 Å². The quantitative estimate of drug-likeness (QED) is 0.0899. The maximum absolute atomic E-state index is 14.0. The number of Topliss-reactive ketones (excluding diaryl/α,β-unsaturated/α-hetero) is 1. The van der Waals surface area contributed by atoms with Gasteiger partial charge in [0.15, 0.2) is 10.8 Å². The monoisotopic (exact) mass is 684 g/mol. The molecular formula is C25H52O13P4. The molecule has 0 saturated heterocycles. The van der Waals surface area contributed by atoms with Crippen molar-refractivity contribution < 1.29 is 59.2 Å². The van der Waals surface area contributed by atoms with Gasteiger partial charge in [-0.05, 0) is 81.1 Å². The first-order valence-corrected chi connectivity index (χ1v) is 21.4. The highest BCUT2D eigenvalue weighted by Gasteiger charge is 2.56. The van der Waals surface area contributed by atoms with Crippen molar-refractivity contribution in [2.75, 3.05) is 52.9 Å². The molecule has 0 amide bonds. The lowest BCUT2D eigenvalue weighted by atomic mass is 9.99. The molecule has 0 spiro atoms. The minimum Gasteiger partial charge on any atom is -0.308 e. The third kappa shape index (κ3) is 10.4. The first kappa shape index (κ1) is 40.3. The highest BCUT2D eigenvalue weighted by molar-refractivity contribution is 7.73. The Morgan fingerprint density at radius 3 is 0.833 bits per heavy atom. The number of hydrogen-bond donors (Lipinski definition) is 0. The van der Waals surface area contributed by atoms with Gasteiger partial charge in [0.2, 0.25) is 0 Å². The second-order valence-electron chi connectivity index (χ2n) is 9.31. The van der Waals surface area contributed by atoms with Crippen LogP contribution < -0.4 is 0 Å². The molecule has 13 nitrogen and oxygen atoms in total. The molecule has 42 heavy (non-hydrogen) atoms. The lowest BCUT2D eigenvalue weighted by Gasteiger charge is -2.33. The van der Waals surface area contributed by atoms with Crippen molar-refractivity contribution in [2.45, 2.75) is 91.9 Å². The van der Waals surface area contributed by atoms with Crippen molar-refractivity contribution in [3.63, 3.8) is 0 Å². The van der Waals surface area contributed by atoms with Crippen LogP contribution in [0.2, 0.25) is 0 Å². The van der Waals surface area contributed by atoms with E-state index in [-0.39, 0.29) is 71.5 Å². The lowest BCUT2D eigenvalue weighted by Crippen LogP contribution is -2.26. The third-order valence-corrected chi connectivity index (χ3v) is 18.7. The fourth-order valence-electron chi connectivity index (χ4n) is 5.14. The molecule has 0 unspecified atom stereocenters. The van der Waals surface area contributed by atoms with E-state index in [2.05, 4.69) is 0 Å². The van der Waals surface area contributed by atoms with Gasteiger partial charge in [0.25, 0.3) is 0 Å². The summed E-state index contributed by atoms with van der Waals surface area (Å²) in [6, 6.07) is 0. The molecule has 250 valence electrons. The largest absolute Gasteiger partial charge is 0.345 e. The first-order chi connectivity index (χ1) is 19.8. The second kappa shape index (κ2) is 19.1. The van der Waals surface area contributed by atoms with Crippen molar-refractivity contribution in [3.05, 3.63) is 0 Å². The summed E-state index contributed by atoms with van der Waals surface area (Å²) in [7, 11) is -16.2. The Morgan fingerprint density at radius 2 is 0.667 bits per heavy atom. The van der Waals surface area contributed by atoms with Gasteiger partial charge in [-0.2, -0.15) is 0 Å². The Hall–Kier alpha value is 0.270. The van der Waals surface area contributed by atoms with Crippen molar-refractivity contribution in [1.82, 2.24) is 0 Å². The first-order valence-electron chi connectivity index (χ1n) is 14.9. The molecule has 0 aromatic rings.